The first-order chi connectivity index (χ1) is 8.49. The second-order valence-corrected chi connectivity index (χ2v) is 6.60. The summed E-state index contributed by atoms with van der Waals surface area (Å²) in [7, 11) is 0. The molecule has 1 saturated carbocycles. The predicted octanol–water partition coefficient (Wildman–Crippen LogP) is 4.86. The van der Waals surface area contributed by atoms with Crippen LogP contribution in [-0.4, -0.2) is 6.04 Å². The van der Waals surface area contributed by atoms with Crippen molar-refractivity contribution >= 4 is 23.2 Å². The van der Waals surface area contributed by atoms with Gasteiger partial charge in [-0.05, 0) is 54.9 Å². The van der Waals surface area contributed by atoms with Gasteiger partial charge in [0.15, 0.2) is 0 Å². The van der Waals surface area contributed by atoms with Gasteiger partial charge in [0.2, 0.25) is 0 Å². The average molecular weight is 286 g/mol. The van der Waals surface area contributed by atoms with Crippen LogP contribution in [0.15, 0.2) is 18.2 Å². The van der Waals surface area contributed by atoms with E-state index in [9.17, 15) is 0 Å². The molecule has 0 aliphatic heterocycles. The third kappa shape index (κ3) is 3.01. The van der Waals surface area contributed by atoms with Crippen LogP contribution >= 0.6 is 23.2 Å². The van der Waals surface area contributed by atoms with Gasteiger partial charge in [-0.3, -0.25) is 0 Å². The Kier molecular flexibility index (Phi) is 4.58. The monoisotopic (exact) mass is 285 g/mol. The molecule has 0 amide bonds. The highest BCUT2D eigenvalue weighted by molar-refractivity contribution is 6.33. The van der Waals surface area contributed by atoms with Crippen LogP contribution < -0.4 is 5.73 Å². The number of rotatable bonds is 2. The molecule has 1 aromatic rings. The van der Waals surface area contributed by atoms with Crippen LogP contribution in [0.2, 0.25) is 10.0 Å². The van der Waals surface area contributed by atoms with E-state index < -0.39 is 0 Å². The molecule has 0 saturated heterocycles. The van der Waals surface area contributed by atoms with E-state index in [0.29, 0.717) is 11.8 Å². The third-order valence-electron chi connectivity index (χ3n) is 4.24. The van der Waals surface area contributed by atoms with E-state index >= 15 is 0 Å². The highest BCUT2D eigenvalue weighted by atomic mass is 35.5. The van der Waals surface area contributed by atoms with E-state index in [-0.39, 0.29) is 6.04 Å². The Morgan fingerprint density at radius 2 is 1.94 bits per heavy atom. The Morgan fingerprint density at radius 1 is 1.22 bits per heavy atom. The fraction of sp³-hybridized carbons (Fsp3) is 0.600. The van der Waals surface area contributed by atoms with Crippen molar-refractivity contribution < 1.29 is 0 Å². The smallest absolute Gasteiger partial charge is 0.0442 e. The van der Waals surface area contributed by atoms with E-state index in [1.165, 1.54) is 6.42 Å². The summed E-state index contributed by atoms with van der Waals surface area (Å²) in [5, 5.41) is 1.54. The molecular formula is C15H21Cl2N. The highest BCUT2D eigenvalue weighted by Gasteiger charge is 2.31. The number of nitrogens with two attached hydrogens (primary N) is 1. The minimum atomic E-state index is 0.205. The van der Waals surface area contributed by atoms with Gasteiger partial charge in [-0.1, -0.05) is 37.0 Å². The van der Waals surface area contributed by atoms with E-state index in [1.54, 1.807) is 0 Å². The number of halogens is 2. The second kappa shape index (κ2) is 5.81. The molecule has 3 heteroatoms. The van der Waals surface area contributed by atoms with E-state index in [0.717, 1.165) is 34.4 Å². The van der Waals surface area contributed by atoms with Crippen molar-refractivity contribution in [1.29, 1.82) is 0 Å². The normalized spacial score (nSPS) is 28.7. The minimum absolute atomic E-state index is 0.205. The summed E-state index contributed by atoms with van der Waals surface area (Å²) in [5.74, 6) is 1.79. The molecule has 100 valence electrons. The molecule has 1 aliphatic rings. The molecule has 1 fully saturated rings. The summed E-state index contributed by atoms with van der Waals surface area (Å²) < 4.78 is 0. The van der Waals surface area contributed by atoms with Crippen molar-refractivity contribution in [3.8, 4) is 0 Å². The first kappa shape index (κ1) is 14.2. The highest BCUT2D eigenvalue weighted by Crippen LogP contribution is 2.41. The fourth-order valence-corrected chi connectivity index (χ4v) is 3.43. The van der Waals surface area contributed by atoms with E-state index in [4.69, 9.17) is 28.9 Å². The molecule has 0 spiro atoms. The molecule has 2 N–H and O–H groups in total. The van der Waals surface area contributed by atoms with E-state index in [2.05, 4.69) is 13.8 Å². The van der Waals surface area contributed by atoms with Crippen molar-refractivity contribution in [2.75, 3.05) is 0 Å². The molecular weight excluding hydrogens is 265 g/mol. The molecule has 18 heavy (non-hydrogen) atoms. The van der Waals surface area contributed by atoms with Crippen LogP contribution in [0.5, 0.6) is 0 Å². The molecule has 1 nitrogen and oxygen atoms in total. The fourth-order valence-electron chi connectivity index (χ4n) is 2.99. The lowest BCUT2D eigenvalue weighted by molar-refractivity contribution is 0.232. The summed E-state index contributed by atoms with van der Waals surface area (Å²) >= 11 is 12.4. The molecule has 2 rings (SSSR count). The van der Waals surface area contributed by atoms with Crippen LogP contribution in [-0.2, 0) is 0 Å². The molecule has 0 heterocycles. The van der Waals surface area contributed by atoms with Crippen molar-refractivity contribution in [2.24, 2.45) is 17.6 Å². The molecule has 0 aromatic heterocycles. The maximum atomic E-state index is 6.31. The largest absolute Gasteiger partial charge is 0.327 e. The lowest BCUT2D eigenvalue weighted by atomic mass is 9.71. The first-order valence-electron chi connectivity index (χ1n) is 6.69. The zero-order chi connectivity index (χ0) is 13.3. The Labute approximate surface area is 120 Å². The summed E-state index contributed by atoms with van der Waals surface area (Å²) in [6.45, 7) is 4.58. The van der Waals surface area contributed by atoms with Gasteiger partial charge in [0.1, 0.15) is 0 Å². The van der Waals surface area contributed by atoms with Crippen LogP contribution in [0.3, 0.4) is 0 Å². The van der Waals surface area contributed by atoms with Crippen molar-refractivity contribution in [1.82, 2.24) is 0 Å². The zero-order valence-electron chi connectivity index (χ0n) is 11.0. The first-order valence-corrected chi connectivity index (χ1v) is 7.45. The third-order valence-corrected chi connectivity index (χ3v) is 4.82. The lowest BCUT2D eigenvalue weighted by Crippen LogP contribution is -2.36. The number of benzene rings is 1. The SMILES string of the molecule is CC(C)C1CCC(N)C(c2cc(Cl)ccc2Cl)C1. The zero-order valence-corrected chi connectivity index (χ0v) is 12.5. The van der Waals surface area contributed by atoms with Crippen LogP contribution in [0.4, 0.5) is 0 Å². The Bertz CT molecular complexity index is 417. The van der Waals surface area contributed by atoms with Crippen molar-refractivity contribution in [3.63, 3.8) is 0 Å². The number of hydrogen-bond donors (Lipinski definition) is 1. The van der Waals surface area contributed by atoms with Gasteiger partial charge in [-0.2, -0.15) is 0 Å². The molecule has 0 radical (unpaired) electrons. The van der Waals surface area contributed by atoms with Crippen LogP contribution in [0.25, 0.3) is 0 Å². The lowest BCUT2D eigenvalue weighted by Gasteiger charge is -2.36. The maximum Gasteiger partial charge on any atom is 0.0442 e. The molecule has 1 aliphatic carbocycles. The van der Waals surface area contributed by atoms with Gasteiger partial charge in [0, 0.05) is 22.0 Å². The summed E-state index contributed by atoms with van der Waals surface area (Å²) in [6.07, 6.45) is 3.43. The standard InChI is InChI=1S/C15H21Cl2N/c1-9(2)10-3-6-15(18)13(7-10)12-8-11(16)4-5-14(12)17/h4-5,8-10,13,15H,3,6-7,18H2,1-2H3. The molecule has 0 bridgehead atoms. The van der Waals surface area contributed by atoms with Crippen molar-refractivity contribution in [2.45, 2.75) is 45.1 Å². The summed E-state index contributed by atoms with van der Waals surface area (Å²) in [5.41, 5.74) is 7.42. The van der Waals surface area contributed by atoms with Gasteiger partial charge in [0.25, 0.3) is 0 Å². The maximum absolute atomic E-state index is 6.31. The number of hydrogen-bond acceptors (Lipinski definition) is 1. The van der Waals surface area contributed by atoms with E-state index in [1.807, 2.05) is 18.2 Å². The van der Waals surface area contributed by atoms with Gasteiger partial charge in [-0.15, -0.1) is 0 Å². The second-order valence-electron chi connectivity index (χ2n) is 5.75. The Balaban J connectivity index is 2.26. The van der Waals surface area contributed by atoms with Gasteiger partial charge < -0.3 is 5.73 Å². The van der Waals surface area contributed by atoms with Crippen molar-refractivity contribution in [3.05, 3.63) is 33.8 Å². The minimum Gasteiger partial charge on any atom is -0.327 e. The van der Waals surface area contributed by atoms with Gasteiger partial charge >= 0.3 is 0 Å². The van der Waals surface area contributed by atoms with Gasteiger partial charge in [0.05, 0.1) is 0 Å². The van der Waals surface area contributed by atoms with Gasteiger partial charge in [-0.25, -0.2) is 0 Å². The Hall–Kier alpha value is -0.240. The van der Waals surface area contributed by atoms with Crippen LogP contribution in [0.1, 0.15) is 44.6 Å². The summed E-state index contributed by atoms with van der Waals surface area (Å²) in [4.78, 5) is 0. The summed E-state index contributed by atoms with van der Waals surface area (Å²) in [6, 6.07) is 5.90. The Morgan fingerprint density at radius 3 is 2.61 bits per heavy atom. The quantitative estimate of drug-likeness (QED) is 0.825. The molecule has 3 atom stereocenters. The molecule has 3 unspecified atom stereocenters. The topological polar surface area (TPSA) is 26.0 Å². The van der Waals surface area contributed by atoms with Crippen LogP contribution in [0, 0.1) is 11.8 Å². The predicted molar refractivity (Wildman–Crippen MR) is 79.4 cm³/mol. The average Bonchev–Trinajstić information content (AvgIpc) is 2.33. The molecule has 1 aromatic carbocycles.